The number of ketones is 1. The minimum atomic E-state index is -0.455. The molecule has 1 aromatic heterocycles. The summed E-state index contributed by atoms with van der Waals surface area (Å²) in [6.07, 6.45) is 6.75. The standard InChI is InChI=1S/C21H24N2O3.2ClH/c1-2-26-21(25)18-9-5-4-8-17(18)20(24)19(16-10-12-22-13-11-16)23-14-6-3-7-15-23;;/h4-5,8-13,19H,2-3,6-7,14-15H2,1H3;2*1H. The molecule has 2 aromatic rings. The van der Waals surface area contributed by atoms with E-state index in [2.05, 4.69) is 9.88 Å². The van der Waals surface area contributed by atoms with Crippen LogP contribution in [-0.4, -0.2) is 41.3 Å². The van der Waals surface area contributed by atoms with Gasteiger partial charge in [-0.3, -0.25) is 14.7 Å². The van der Waals surface area contributed by atoms with E-state index in [-0.39, 0.29) is 37.2 Å². The van der Waals surface area contributed by atoms with Gasteiger partial charge < -0.3 is 4.74 Å². The number of halogens is 2. The highest BCUT2D eigenvalue weighted by atomic mass is 35.5. The number of ether oxygens (including phenoxy) is 1. The molecule has 0 N–H and O–H groups in total. The fraction of sp³-hybridized carbons (Fsp3) is 0.381. The molecule has 0 aliphatic carbocycles. The van der Waals surface area contributed by atoms with Crippen molar-refractivity contribution in [2.45, 2.75) is 32.2 Å². The van der Waals surface area contributed by atoms with Gasteiger partial charge >= 0.3 is 5.97 Å². The van der Waals surface area contributed by atoms with Crippen molar-refractivity contribution in [3.63, 3.8) is 0 Å². The molecule has 1 aliphatic rings. The minimum Gasteiger partial charge on any atom is -0.462 e. The van der Waals surface area contributed by atoms with Crippen LogP contribution in [0.3, 0.4) is 0 Å². The van der Waals surface area contributed by atoms with Gasteiger partial charge in [-0.1, -0.05) is 24.6 Å². The van der Waals surface area contributed by atoms with Crippen molar-refractivity contribution in [3.05, 3.63) is 65.5 Å². The van der Waals surface area contributed by atoms with Crippen molar-refractivity contribution in [2.24, 2.45) is 0 Å². The summed E-state index contributed by atoms with van der Waals surface area (Å²) in [5, 5.41) is 0. The number of hydrogen-bond donors (Lipinski definition) is 0. The Bertz CT molecular complexity index is 765. The summed E-state index contributed by atoms with van der Waals surface area (Å²) < 4.78 is 5.13. The monoisotopic (exact) mass is 424 g/mol. The topological polar surface area (TPSA) is 59.5 Å². The van der Waals surface area contributed by atoms with Gasteiger partial charge in [0.05, 0.1) is 18.2 Å². The first kappa shape index (κ1) is 24.1. The SMILES string of the molecule is CCOC(=O)c1ccccc1C(=O)C(c1ccncc1)N1CCCCC1.Cl.Cl. The van der Waals surface area contributed by atoms with Crippen LogP contribution in [0.15, 0.2) is 48.8 Å². The van der Waals surface area contributed by atoms with Crippen LogP contribution in [0.2, 0.25) is 0 Å². The first-order chi connectivity index (χ1) is 12.7. The third kappa shape index (κ3) is 5.53. The highest BCUT2D eigenvalue weighted by Crippen LogP contribution is 2.29. The van der Waals surface area contributed by atoms with Crippen molar-refractivity contribution in [3.8, 4) is 0 Å². The Morgan fingerprint density at radius 2 is 1.61 bits per heavy atom. The molecule has 1 aliphatic heterocycles. The molecule has 28 heavy (non-hydrogen) atoms. The number of esters is 1. The molecule has 7 heteroatoms. The molecule has 0 radical (unpaired) electrons. The molecule has 2 heterocycles. The van der Waals surface area contributed by atoms with E-state index in [0.717, 1.165) is 31.5 Å². The smallest absolute Gasteiger partial charge is 0.338 e. The van der Waals surface area contributed by atoms with Gasteiger partial charge in [-0.2, -0.15) is 0 Å². The molecule has 0 amide bonds. The van der Waals surface area contributed by atoms with Crippen LogP contribution in [0.1, 0.15) is 58.5 Å². The molecule has 152 valence electrons. The number of pyridine rings is 1. The number of rotatable bonds is 6. The molecule has 1 atom stereocenters. The second-order valence-electron chi connectivity index (χ2n) is 6.41. The number of piperidine rings is 1. The number of nitrogens with zero attached hydrogens (tertiary/aromatic N) is 2. The van der Waals surface area contributed by atoms with Crippen molar-refractivity contribution in [1.82, 2.24) is 9.88 Å². The lowest BCUT2D eigenvalue weighted by atomic mass is 9.92. The lowest BCUT2D eigenvalue weighted by Crippen LogP contribution is -2.38. The molecule has 1 unspecified atom stereocenters. The number of Topliss-reactive ketones (excluding diaryl/α,β-unsaturated/α-hetero) is 1. The molecule has 0 bridgehead atoms. The Morgan fingerprint density at radius 1 is 1.00 bits per heavy atom. The highest BCUT2D eigenvalue weighted by Gasteiger charge is 2.31. The average Bonchev–Trinajstić information content (AvgIpc) is 2.70. The number of carbonyl (C=O) groups is 2. The van der Waals surface area contributed by atoms with Gasteiger partial charge in [0.25, 0.3) is 0 Å². The third-order valence-electron chi connectivity index (χ3n) is 4.71. The van der Waals surface area contributed by atoms with E-state index in [4.69, 9.17) is 4.74 Å². The van der Waals surface area contributed by atoms with Crippen LogP contribution in [0.4, 0.5) is 0 Å². The summed E-state index contributed by atoms with van der Waals surface area (Å²) in [5.74, 6) is -0.523. The van der Waals surface area contributed by atoms with E-state index in [1.165, 1.54) is 6.42 Å². The van der Waals surface area contributed by atoms with Crippen molar-refractivity contribution in [2.75, 3.05) is 19.7 Å². The second kappa shape index (κ2) is 11.8. The van der Waals surface area contributed by atoms with E-state index in [1.54, 1.807) is 43.6 Å². The summed E-state index contributed by atoms with van der Waals surface area (Å²) in [6, 6.07) is 10.3. The first-order valence-electron chi connectivity index (χ1n) is 9.16. The number of carbonyl (C=O) groups excluding carboxylic acids is 2. The number of benzene rings is 1. The zero-order chi connectivity index (χ0) is 18.4. The van der Waals surface area contributed by atoms with Gasteiger partial charge in [0.15, 0.2) is 5.78 Å². The van der Waals surface area contributed by atoms with Crippen molar-refractivity contribution >= 4 is 36.6 Å². The first-order valence-corrected chi connectivity index (χ1v) is 9.16. The third-order valence-corrected chi connectivity index (χ3v) is 4.71. The number of hydrogen-bond acceptors (Lipinski definition) is 5. The van der Waals surface area contributed by atoms with Crippen LogP contribution in [0.5, 0.6) is 0 Å². The molecule has 3 rings (SSSR count). The largest absolute Gasteiger partial charge is 0.462 e. The Balaban J connectivity index is 0.00000196. The van der Waals surface area contributed by atoms with Gasteiger partial charge in [-0.05, 0) is 56.6 Å². The Morgan fingerprint density at radius 3 is 2.21 bits per heavy atom. The zero-order valence-electron chi connectivity index (χ0n) is 15.9. The second-order valence-corrected chi connectivity index (χ2v) is 6.41. The molecular weight excluding hydrogens is 399 g/mol. The molecule has 0 spiro atoms. The molecule has 1 saturated heterocycles. The predicted molar refractivity (Wildman–Crippen MR) is 114 cm³/mol. The molecule has 1 aromatic carbocycles. The summed E-state index contributed by atoms with van der Waals surface area (Å²) >= 11 is 0. The van der Waals surface area contributed by atoms with Gasteiger partial charge in [-0.15, -0.1) is 24.8 Å². The summed E-state index contributed by atoms with van der Waals surface area (Å²) in [4.78, 5) is 32.1. The Hall–Kier alpha value is -1.95. The molecule has 5 nitrogen and oxygen atoms in total. The van der Waals surface area contributed by atoms with Gasteiger partial charge in [0.2, 0.25) is 0 Å². The predicted octanol–water partition coefficient (Wildman–Crippen LogP) is 4.51. The maximum absolute atomic E-state index is 13.5. The maximum atomic E-state index is 13.5. The van der Waals surface area contributed by atoms with Crippen LogP contribution in [-0.2, 0) is 4.74 Å². The lowest BCUT2D eigenvalue weighted by Gasteiger charge is -2.34. The van der Waals surface area contributed by atoms with E-state index < -0.39 is 12.0 Å². The van der Waals surface area contributed by atoms with E-state index >= 15 is 0 Å². The van der Waals surface area contributed by atoms with Gasteiger partial charge in [0, 0.05) is 18.0 Å². The van der Waals surface area contributed by atoms with Crippen LogP contribution < -0.4 is 0 Å². The number of aromatic nitrogens is 1. The minimum absolute atomic E-state index is 0. The van der Waals surface area contributed by atoms with Gasteiger partial charge in [0.1, 0.15) is 0 Å². The zero-order valence-corrected chi connectivity index (χ0v) is 17.5. The maximum Gasteiger partial charge on any atom is 0.338 e. The molecule has 1 fully saturated rings. The Kier molecular flexibility index (Phi) is 10.1. The summed E-state index contributed by atoms with van der Waals surface area (Å²) in [5.41, 5.74) is 1.65. The number of likely N-dealkylation sites (tertiary alicyclic amines) is 1. The van der Waals surface area contributed by atoms with Crippen molar-refractivity contribution < 1.29 is 14.3 Å². The summed E-state index contributed by atoms with van der Waals surface area (Å²) in [6.45, 7) is 3.79. The van der Waals surface area contributed by atoms with Crippen LogP contribution in [0, 0.1) is 0 Å². The van der Waals surface area contributed by atoms with Gasteiger partial charge in [-0.25, -0.2) is 4.79 Å². The van der Waals surface area contributed by atoms with Crippen molar-refractivity contribution in [1.29, 1.82) is 0 Å². The van der Waals surface area contributed by atoms with Crippen LogP contribution >= 0.6 is 24.8 Å². The normalized spacial score (nSPS) is 14.9. The van der Waals surface area contributed by atoms with E-state index in [0.29, 0.717) is 11.1 Å². The fourth-order valence-corrected chi connectivity index (χ4v) is 3.48. The molecular formula is C21H26Cl2N2O3. The van der Waals surface area contributed by atoms with E-state index in [9.17, 15) is 9.59 Å². The average molecular weight is 425 g/mol. The lowest BCUT2D eigenvalue weighted by molar-refractivity contribution is 0.0520. The quantitative estimate of drug-likeness (QED) is 0.504. The summed E-state index contributed by atoms with van der Waals surface area (Å²) in [7, 11) is 0. The van der Waals surface area contributed by atoms with E-state index in [1.807, 2.05) is 12.1 Å². The molecule has 0 saturated carbocycles. The van der Waals surface area contributed by atoms with Crippen LogP contribution in [0.25, 0.3) is 0 Å². The highest BCUT2D eigenvalue weighted by molar-refractivity contribution is 6.08. The Labute approximate surface area is 178 Å². The fourth-order valence-electron chi connectivity index (χ4n) is 3.48.